The largest absolute Gasteiger partial charge is 0.394 e. The second-order valence-electron chi connectivity index (χ2n) is 4.45. The van der Waals surface area contributed by atoms with Crippen LogP contribution in [-0.4, -0.2) is 42.5 Å². The van der Waals surface area contributed by atoms with Crippen molar-refractivity contribution in [3.05, 3.63) is 11.5 Å². The fraction of sp³-hybridized carbons (Fsp3) is 0.500. The highest BCUT2D eigenvalue weighted by Crippen LogP contribution is 2.45. The summed E-state index contributed by atoms with van der Waals surface area (Å²) in [5.74, 6) is -0.0695. The molecule has 1 aliphatic rings. The number of aromatic nitrogens is 4. The van der Waals surface area contributed by atoms with Crippen molar-refractivity contribution in [2.75, 3.05) is 12.3 Å². The summed E-state index contributed by atoms with van der Waals surface area (Å²) >= 11 is 11.7. The molecule has 20 heavy (non-hydrogen) atoms. The summed E-state index contributed by atoms with van der Waals surface area (Å²) in [5.41, 5.74) is 6.00. The van der Waals surface area contributed by atoms with Gasteiger partial charge in [-0.25, -0.2) is 9.37 Å². The van der Waals surface area contributed by atoms with Crippen LogP contribution < -0.4 is 5.73 Å². The highest BCUT2D eigenvalue weighted by atomic mass is 35.5. The zero-order chi connectivity index (χ0) is 14.5. The lowest BCUT2D eigenvalue weighted by Gasteiger charge is -2.20. The fourth-order valence-corrected chi connectivity index (χ4v) is 2.73. The number of halogens is 3. The van der Waals surface area contributed by atoms with Crippen molar-refractivity contribution in [1.82, 2.24) is 19.5 Å². The summed E-state index contributed by atoms with van der Waals surface area (Å²) in [6, 6.07) is 0. The molecule has 1 saturated heterocycles. The van der Waals surface area contributed by atoms with Crippen LogP contribution in [0.5, 0.6) is 0 Å². The van der Waals surface area contributed by atoms with Gasteiger partial charge in [-0.1, -0.05) is 23.2 Å². The van der Waals surface area contributed by atoms with E-state index >= 15 is 0 Å². The maximum Gasteiger partial charge on any atom is 0.230 e. The summed E-state index contributed by atoms with van der Waals surface area (Å²) in [4.78, 5) is 11.7. The van der Waals surface area contributed by atoms with Crippen molar-refractivity contribution in [2.45, 2.75) is 23.9 Å². The number of nitrogens with two attached hydrogens (primary N) is 1. The van der Waals surface area contributed by atoms with E-state index in [9.17, 15) is 4.39 Å². The number of imidazole rings is 1. The molecule has 3 N–H and O–H groups in total. The van der Waals surface area contributed by atoms with Gasteiger partial charge in [-0.05, 0) is 0 Å². The minimum atomic E-state index is -2.19. The molecule has 0 saturated carbocycles. The Labute approximate surface area is 122 Å². The van der Waals surface area contributed by atoms with Gasteiger partial charge in [0.05, 0.1) is 19.0 Å². The number of nitrogens with zero attached hydrogens (tertiary/aromatic N) is 4. The summed E-state index contributed by atoms with van der Waals surface area (Å²) in [7, 11) is 0. The predicted molar refractivity (Wildman–Crippen MR) is 70.1 cm³/mol. The lowest BCUT2D eigenvalue weighted by Crippen LogP contribution is -2.24. The normalized spacial score (nSPS) is 30.2. The molecule has 2 aromatic heterocycles. The Hall–Kier alpha value is -1.22. The van der Waals surface area contributed by atoms with E-state index in [2.05, 4.69) is 15.0 Å². The number of aliphatic hydroxyl groups is 1. The van der Waals surface area contributed by atoms with Gasteiger partial charge in [-0.3, -0.25) is 4.57 Å². The first-order valence-corrected chi connectivity index (χ1v) is 6.47. The lowest BCUT2D eigenvalue weighted by molar-refractivity contribution is -0.0423. The number of ether oxygens (including phenoxy) is 1. The van der Waals surface area contributed by atoms with Gasteiger partial charge < -0.3 is 15.6 Å². The van der Waals surface area contributed by atoms with Crippen molar-refractivity contribution >= 4 is 40.3 Å². The molecule has 0 bridgehead atoms. The average molecular weight is 322 g/mol. The van der Waals surface area contributed by atoms with Crippen molar-refractivity contribution in [2.24, 2.45) is 0 Å². The highest BCUT2D eigenvalue weighted by Gasteiger charge is 2.49. The smallest absolute Gasteiger partial charge is 0.230 e. The van der Waals surface area contributed by atoms with Crippen LogP contribution in [0.2, 0.25) is 5.15 Å². The van der Waals surface area contributed by atoms with E-state index in [1.807, 2.05) is 0 Å². The summed E-state index contributed by atoms with van der Waals surface area (Å²) in [6.45, 7) is -0.334. The Kier molecular flexibility index (Phi) is 3.20. The number of hydrogen-bond acceptors (Lipinski definition) is 6. The van der Waals surface area contributed by atoms with Gasteiger partial charge in [0.25, 0.3) is 0 Å². The van der Waals surface area contributed by atoms with E-state index in [4.69, 9.17) is 38.8 Å². The zero-order valence-corrected chi connectivity index (χ0v) is 11.5. The number of nitrogen functional groups attached to an aromatic ring is 1. The SMILES string of the molecule is Nc1nc(Cl)c2ncn([C@@H]3O[C@H](CO)C[C@]3(F)Cl)c2n1. The Morgan fingerprint density at radius 3 is 3.00 bits per heavy atom. The van der Waals surface area contributed by atoms with E-state index < -0.39 is 17.5 Å². The molecular weight excluding hydrogens is 312 g/mol. The van der Waals surface area contributed by atoms with Gasteiger partial charge >= 0.3 is 0 Å². The Morgan fingerprint density at radius 1 is 1.60 bits per heavy atom. The number of anilines is 1. The third kappa shape index (κ3) is 2.08. The molecule has 0 aliphatic carbocycles. The number of rotatable bonds is 2. The third-order valence-electron chi connectivity index (χ3n) is 3.03. The van der Waals surface area contributed by atoms with E-state index in [0.717, 1.165) is 0 Å². The fourth-order valence-electron chi connectivity index (χ4n) is 2.18. The van der Waals surface area contributed by atoms with Crippen LogP contribution in [0.4, 0.5) is 10.3 Å². The van der Waals surface area contributed by atoms with Gasteiger partial charge in [-0.2, -0.15) is 9.97 Å². The molecule has 3 atom stereocenters. The lowest BCUT2D eigenvalue weighted by atomic mass is 10.2. The summed E-state index contributed by atoms with van der Waals surface area (Å²) in [6.07, 6.45) is -0.735. The van der Waals surface area contributed by atoms with Gasteiger partial charge in [0.15, 0.2) is 17.0 Å². The monoisotopic (exact) mass is 321 g/mol. The summed E-state index contributed by atoms with van der Waals surface area (Å²) in [5, 5.41) is 6.94. The van der Waals surface area contributed by atoms with Gasteiger partial charge in [0, 0.05) is 6.42 Å². The second kappa shape index (κ2) is 4.66. The number of alkyl halides is 2. The molecule has 108 valence electrons. The maximum atomic E-state index is 14.4. The van der Waals surface area contributed by atoms with Crippen LogP contribution >= 0.6 is 23.2 Å². The van der Waals surface area contributed by atoms with Crippen LogP contribution in [0.25, 0.3) is 11.2 Å². The van der Waals surface area contributed by atoms with Crippen LogP contribution in [0.3, 0.4) is 0 Å². The molecule has 0 amide bonds. The first kappa shape index (κ1) is 13.7. The molecule has 0 aromatic carbocycles. The first-order chi connectivity index (χ1) is 9.42. The number of aliphatic hydroxyl groups excluding tert-OH is 1. The Morgan fingerprint density at radius 2 is 2.35 bits per heavy atom. The van der Waals surface area contributed by atoms with Gasteiger partial charge in [-0.15, -0.1) is 0 Å². The van der Waals surface area contributed by atoms with Crippen molar-refractivity contribution in [1.29, 1.82) is 0 Å². The molecule has 7 nitrogen and oxygen atoms in total. The maximum absolute atomic E-state index is 14.4. The second-order valence-corrected chi connectivity index (χ2v) is 5.44. The molecular formula is C10H10Cl2FN5O2. The average Bonchev–Trinajstić information content (AvgIpc) is 2.89. The minimum absolute atomic E-state index is 0.0574. The Bertz CT molecular complexity index is 664. The predicted octanol–water partition coefficient (Wildman–Crippen LogP) is 1.25. The van der Waals surface area contributed by atoms with E-state index in [0.29, 0.717) is 0 Å². The molecule has 0 unspecified atom stereocenters. The standard InChI is InChI=1S/C10H10Cl2FN5O2/c11-6-5-7(17-9(14)16-6)18(3-15-5)8-10(12,13)1-4(2-19)20-8/h3-4,8,19H,1-2H2,(H2,14,16,17)/t4-,8+,10+/m0/s1. The van der Waals surface area contributed by atoms with Crippen LogP contribution in [0, 0.1) is 0 Å². The summed E-state index contributed by atoms with van der Waals surface area (Å²) < 4.78 is 21.1. The van der Waals surface area contributed by atoms with Crippen LogP contribution in [0.1, 0.15) is 12.6 Å². The van der Waals surface area contributed by atoms with E-state index in [-0.39, 0.29) is 35.3 Å². The molecule has 2 aromatic rings. The molecule has 0 spiro atoms. The topological polar surface area (TPSA) is 99.1 Å². The van der Waals surface area contributed by atoms with Crippen molar-refractivity contribution in [3.8, 4) is 0 Å². The van der Waals surface area contributed by atoms with Gasteiger partial charge in [0.2, 0.25) is 11.1 Å². The highest BCUT2D eigenvalue weighted by molar-refractivity contribution is 6.33. The number of fused-ring (bicyclic) bond motifs is 1. The molecule has 3 rings (SSSR count). The Balaban J connectivity index is 2.11. The van der Waals surface area contributed by atoms with E-state index in [1.165, 1.54) is 10.9 Å². The third-order valence-corrected chi connectivity index (χ3v) is 3.64. The zero-order valence-electron chi connectivity index (χ0n) is 10.0. The molecule has 3 heterocycles. The van der Waals surface area contributed by atoms with Gasteiger partial charge in [0.1, 0.15) is 5.52 Å². The molecule has 1 aliphatic heterocycles. The molecule has 10 heteroatoms. The quantitative estimate of drug-likeness (QED) is 0.638. The number of hydrogen-bond donors (Lipinski definition) is 2. The van der Waals surface area contributed by atoms with Crippen molar-refractivity contribution < 1.29 is 14.2 Å². The minimum Gasteiger partial charge on any atom is -0.394 e. The van der Waals surface area contributed by atoms with E-state index in [1.54, 1.807) is 0 Å². The molecule has 0 radical (unpaired) electrons. The van der Waals surface area contributed by atoms with Crippen molar-refractivity contribution in [3.63, 3.8) is 0 Å². The van der Waals surface area contributed by atoms with Crippen LogP contribution in [-0.2, 0) is 4.74 Å². The van der Waals surface area contributed by atoms with Crippen LogP contribution in [0.15, 0.2) is 6.33 Å². The molecule has 1 fully saturated rings. The first-order valence-electron chi connectivity index (χ1n) is 5.72.